The van der Waals surface area contributed by atoms with E-state index in [0.29, 0.717) is 0 Å². The van der Waals surface area contributed by atoms with Gasteiger partial charge in [-0.05, 0) is 28.9 Å². The van der Waals surface area contributed by atoms with Gasteiger partial charge in [0.2, 0.25) is 5.82 Å². The van der Waals surface area contributed by atoms with Crippen LogP contribution >= 0.6 is 11.3 Å². The van der Waals surface area contributed by atoms with E-state index in [9.17, 15) is 5.11 Å². The van der Waals surface area contributed by atoms with E-state index in [4.69, 9.17) is 4.98 Å². The van der Waals surface area contributed by atoms with E-state index < -0.39 is 0 Å². The Morgan fingerprint density at radius 2 is 1.83 bits per heavy atom. The van der Waals surface area contributed by atoms with Gasteiger partial charge in [0.1, 0.15) is 11.1 Å². The Balaban J connectivity index is 1.72. The van der Waals surface area contributed by atoms with Crippen LogP contribution in [-0.4, -0.2) is 48.2 Å². The molecule has 1 N–H and O–H groups in total. The van der Waals surface area contributed by atoms with E-state index >= 15 is 0 Å². The Morgan fingerprint density at radius 1 is 1.09 bits per heavy atom. The largest absolute Gasteiger partial charge is 0.476 e. The van der Waals surface area contributed by atoms with Gasteiger partial charge in [0.25, 0.3) is 0 Å². The zero-order valence-corrected chi connectivity index (χ0v) is 13.8. The second-order valence-corrected chi connectivity index (χ2v) is 6.83. The van der Waals surface area contributed by atoms with E-state index in [1.807, 2.05) is 42.6 Å². The zero-order valence-electron chi connectivity index (χ0n) is 13.0. The Kier molecular flexibility index (Phi) is 3.63. The first kappa shape index (κ1) is 14.4. The maximum Gasteiger partial charge on any atom is 0.392 e. The summed E-state index contributed by atoms with van der Waals surface area (Å²) >= 11 is 1.52. The highest BCUT2D eigenvalue weighted by molar-refractivity contribution is 7.20. The number of hydrogen-bond donors (Lipinski definition) is 1. The molecule has 0 unspecified atom stereocenters. The Labute approximate surface area is 139 Å². The number of anilines is 1. The summed E-state index contributed by atoms with van der Waals surface area (Å²) in [5.41, 5.74) is 1.02. The molecule has 0 amide bonds. The third kappa shape index (κ3) is 2.64. The number of aromatic nitrogens is 2. The van der Waals surface area contributed by atoms with Crippen molar-refractivity contribution in [2.24, 2.45) is 0 Å². The van der Waals surface area contributed by atoms with E-state index in [-0.39, 0.29) is 5.88 Å². The molecule has 5 nitrogen and oxygen atoms in total. The molecular weight excluding hydrogens is 308 g/mol. The van der Waals surface area contributed by atoms with Crippen LogP contribution in [0.2, 0.25) is 0 Å². The molecule has 1 aromatic carbocycles. The SMILES string of the molecule is CN1CCN(c2cc[n+]3c(O)c(-c4ccccc4)sc3n2)CC1. The van der Waals surface area contributed by atoms with Crippen LogP contribution in [-0.2, 0) is 0 Å². The van der Waals surface area contributed by atoms with Crippen molar-refractivity contribution >= 4 is 22.1 Å². The van der Waals surface area contributed by atoms with Crippen molar-refractivity contribution in [3.8, 4) is 16.3 Å². The lowest BCUT2D eigenvalue weighted by Crippen LogP contribution is -2.45. The highest BCUT2D eigenvalue weighted by Gasteiger charge is 2.24. The number of thiazole rings is 1. The number of piperazine rings is 1. The molecule has 2 aromatic heterocycles. The number of rotatable bonds is 2. The number of hydrogen-bond acceptors (Lipinski definition) is 5. The van der Waals surface area contributed by atoms with Gasteiger partial charge < -0.3 is 14.9 Å². The summed E-state index contributed by atoms with van der Waals surface area (Å²) < 4.78 is 1.76. The Hall–Kier alpha value is -2.18. The molecular formula is C17H19N4OS+. The first-order valence-electron chi connectivity index (χ1n) is 7.75. The molecule has 1 aliphatic rings. The molecule has 0 saturated carbocycles. The van der Waals surface area contributed by atoms with Gasteiger partial charge in [-0.1, -0.05) is 30.3 Å². The first-order chi connectivity index (χ1) is 11.2. The van der Waals surface area contributed by atoms with Crippen LogP contribution in [0.25, 0.3) is 15.4 Å². The van der Waals surface area contributed by atoms with Crippen LogP contribution in [0.4, 0.5) is 5.82 Å². The number of nitrogens with zero attached hydrogens (tertiary/aromatic N) is 4. The minimum atomic E-state index is 0.258. The maximum atomic E-state index is 10.5. The molecule has 118 valence electrons. The van der Waals surface area contributed by atoms with Crippen molar-refractivity contribution in [1.82, 2.24) is 9.88 Å². The summed E-state index contributed by atoms with van der Waals surface area (Å²) in [4.78, 5) is 11.1. The normalized spacial score (nSPS) is 16.1. The number of aromatic hydroxyl groups is 1. The van der Waals surface area contributed by atoms with Crippen molar-refractivity contribution < 1.29 is 9.51 Å². The monoisotopic (exact) mass is 327 g/mol. The fourth-order valence-corrected chi connectivity index (χ4v) is 3.87. The van der Waals surface area contributed by atoms with Gasteiger partial charge in [0.05, 0.1) is 0 Å². The molecule has 3 aromatic rings. The lowest BCUT2D eigenvalue weighted by atomic mass is 10.2. The minimum absolute atomic E-state index is 0.258. The molecule has 0 bridgehead atoms. The highest BCUT2D eigenvalue weighted by Crippen LogP contribution is 2.33. The van der Waals surface area contributed by atoms with Gasteiger partial charge in [-0.3, -0.25) is 0 Å². The fraction of sp³-hybridized carbons (Fsp3) is 0.294. The molecule has 0 spiro atoms. The summed E-state index contributed by atoms with van der Waals surface area (Å²) in [6.07, 6.45) is 1.91. The van der Waals surface area contributed by atoms with E-state index in [1.54, 1.807) is 4.40 Å². The van der Waals surface area contributed by atoms with Crippen LogP contribution in [0.5, 0.6) is 5.88 Å². The lowest BCUT2D eigenvalue weighted by Gasteiger charge is -2.31. The van der Waals surface area contributed by atoms with Crippen LogP contribution < -0.4 is 9.30 Å². The van der Waals surface area contributed by atoms with Crippen molar-refractivity contribution in [2.45, 2.75) is 0 Å². The Morgan fingerprint density at radius 3 is 2.57 bits per heavy atom. The smallest absolute Gasteiger partial charge is 0.392 e. The topological polar surface area (TPSA) is 43.7 Å². The average molecular weight is 327 g/mol. The quantitative estimate of drug-likeness (QED) is 0.731. The molecule has 1 aliphatic heterocycles. The van der Waals surface area contributed by atoms with Crippen molar-refractivity contribution in [1.29, 1.82) is 0 Å². The average Bonchev–Trinajstić information content (AvgIpc) is 2.93. The van der Waals surface area contributed by atoms with Gasteiger partial charge in [0.15, 0.2) is 0 Å². The maximum absolute atomic E-state index is 10.5. The summed E-state index contributed by atoms with van der Waals surface area (Å²) in [5, 5.41) is 10.5. The minimum Gasteiger partial charge on any atom is -0.476 e. The fourth-order valence-electron chi connectivity index (χ4n) is 2.86. The summed E-state index contributed by atoms with van der Waals surface area (Å²) in [5.74, 6) is 1.24. The second-order valence-electron chi connectivity index (χ2n) is 5.85. The van der Waals surface area contributed by atoms with Crippen molar-refractivity contribution in [2.75, 3.05) is 38.1 Å². The molecule has 4 rings (SSSR count). The Bertz CT molecular complexity index is 825. The van der Waals surface area contributed by atoms with E-state index in [0.717, 1.165) is 47.4 Å². The second kappa shape index (κ2) is 5.79. The summed E-state index contributed by atoms with van der Waals surface area (Å²) in [6, 6.07) is 11.9. The zero-order chi connectivity index (χ0) is 15.8. The van der Waals surface area contributed by atoms with E-state index in [2.05, 4.69) is 16.8 Å². The predicted octanol–water partition coefficient (Wildman–Crippen LogP) is 2.01. The number of benzene rings is 1. The molecule has 0 radical (unpaired) electrons. The van der Waals surface area contributed by atoms with Crippen LogP contribution in [0, 0.1) is 0 Å². The molecule has 0 aliphatic carbocycles. The van der Waals surface area contributed by atoms with Crippen molar-refractivity contribution in [3.63, 3.8) is 0 Å². The molecule has 6 heteroatoms. The van der Waals surface area contributed by atoms with Crippen LogP contribution in [0.3, 0.4) is 0 Å². The van der Waals surface area contributed by atoms with Crippen LogP contribution in [0.1, 0.15) is 0 Å². The molecule has 0 atom stereocenters. The van der Waals surface area contributed by atoms with Gasteiger partial charge in [-0.25, -0.2) is 0 Å². The van der Waals surface area contributed by atoms with Gasteiger partial charge in [-0.15, -0.1) is 0 Å². The van der Waals surface area contributed by atoms with Gasteiger partial charge in [0, 0.05) is 32.2 Å². The molecule has 23 heavy (non-hydrogen) atoms. The third-order valence-electron chi connectivity index (χ3n) is 4.28. The molecule has 1 fully saturated rings. The highest BCUT2D eigenvalue weighted by atomic mass is 32.1. The first-order valence-corrected chi connectivity index (χ1v) is 8.57. The third-order valence-corrected chi connectivity index (χ3v) is 5.37. The number of likely N-dealkylation sites (N-methyl/N-ethyl adjacent to an activating group) is 1. The van der Waals surface area contributed by atoms with Crippen LogP contribution in [0.15, 0.2) is 42.6 Å². The lowest BCUT2D eigenvalue weighted by molar-refractivity contribution is -0.520. The molecule has 1 saturated heterocycles. The predicted molar refractivity (Wildman–Crippen MR) is 92.1 cm³/mol. The molecule has 3 heterocycles. The summed E-state index contributed by atoms with van der Waals surface area (Å²) in [7, 11) is 2.15. The van der Waals surface area contributed by atoms with Gasteiger partial charge >= 0.3 is 10.8 Å². The standard InChI is InChI=1S/C17H18N4OS/c1-19-9-11-20(12-10-19)14-7-8-21-16(22)15(23-17(21)18-14)13-5-3-2-4-6-13/h2-8H,9-12H2,1H3/p+1. The van der Waals surface area contributed by atoms with E-state index in [1.165, 1.54) is 11.3 Å². The summed E-state index contributed by atoms with van der Waals surface area (Å²) in [6.45, 7) is 4.08. The number of fused-ring (bicyclic) bond motifs is 1. The van der Waals surface area contributed by atoms with Crippen molar-refractivity contribution in [3.05, 3.63) is 42.6 Å². The van der Waals surface area contributed by atoms with Gasteiger partial charge in [-0.2, -0.15) is 4.40 Å².